The number of benzene rings is 1. The van der Waals surface area contributed by atoms with E-state index in [0.717, 1.165) is 44.3 Å². The lowest BCUT2D eigenvalue weighted by atomic mass is 9.94. The first kappa shape index (κ1) is 30.8. The van der Waals surface area contributed by atoms with Gasteiger partial charge in [-0.1, -0.05) is 25.3 Å². The molecule has 41 heavy (non-hydrogen) atoms. The Bertz CT molecular complexity index is 1130. The first-order valence-electron chi connectivity index (χ1n) is 14.6. The van der Waals surface area contributed by atoms with Gasteiger partial charge in [0.25, 0.3) is 0 Å². The van der Waals surface area contributed by atoms with Gasteiger partial charge in [-0.15, -0.1) is 0 Å². The Morgan fingerprint density at radius 3 is 2.22 bits per heavy atom. The second kappa shape index (κ2) is 14.7. The Balaban J connectivity index is 1.31. The molecule has 0 radical (unpaired) electrons. The summed E-state index contributed by atoms with van der Waals surface area (Å²) in [4.78, 5) is 32.3. The van der Waals surface area contributed by atoms with Gasteiger partial charge in [-0.2, -0.15) is 0 Å². The smallest absolute Gasteiger partial charge is 0.356 e. The molecular formula is C30H44N6O4S. The minimum absolute atomic E-state index is 0.205. The second-order valence-corrected chi connectivity index (χ2v) is 11.3. The van der Waals surface area contributed by atoms with E-state index < -0.39 is 11.9 Å². The third kappa shape index (κ3) is 7.78. The molecule has 1 saturated carbocycles. The lowest BCUT2D eigenvalue weighted by Gasteiger charge is -2.40. The van der Waals surface area contributed by atoms with Gasteiger partial charge in [0.1, 0.15) is 0 Å². The molecule has 4 rings (SSSR count). The molecule has 1 aromatic rings. The zero-order chi connectivity index (χ0) is 29.4. The lowest BCUT2D eigenvalue weighted by molar-refractivity contribution is -0.136. The molecule has 11 heteroatoms. The summed E-state index contributed by atoms with van der Waals surface area (Å²) < 4.78 is 10.1. The van der Waals surface area contributed by atoms with Crippen LogP contribution < -0.4 is 20.9 Å². The molecule has 0 amide bonds. The number of esters is 2. The molecule has 1 aromatic carbocycles. The van der Waals surface area contributed by atoms with Crippen molar-refractivity contribution in [1.82, 2.24) is 20.4 Å². The van der Waals surface area contributed by atoms with Crippen LogP contribution in [0, 0.1) is 0 Å². The Kier molecular flexibility index (Phi) is 11.0. The van der Waals surface area contributed by atoms with E-state index in [1.54, 1.807) is 18.7 Å². The molecule has 2 fully saturated rings. The number of rotatable bonds is 9. The predicted octanol–water partition coefficient (Wildman–Crippen LogP) is 3.53. The first-order valence-corrected chi connectivity index (χ1v) is 15.0. The van der Waals surface area contributed by atoms with Crippen molar-refractivity contribution < 1.29 is 19.1 Å². The summed E-state index contributed by atoms with van der Waals surface area (Å²) in [5.74, 6) is -1.15. The van der Waals surface area contributed by atoms with Gasteiger partial charge in [0.2, 0.25) is 0 Å². The van der Waals surface area contributed by atoms with E-state index in [4.69, 9.17) is 21.7 Å². The molecule has 2 aliphatic heterocycles. The SMILES string of the molecule is COC(=O)C1=C(C)NC(C)=C(C(=O)OC)N1c1cccc(NC(=S)NCCCN2CCN(C3CCCCC3)CC2)c1. The van der Waals surface area contributed by atoms with Crippen molar-refractivity contribution in [2.24, 2.45) is 0 Å². The fourth-order valence-corrected chi connectivity index (χ4v) is 6.21. The summed E-state index contributed by atoms with van der Waals surface area (Å²) >= 11 is 5.56. The molecule has 0 atom stereocenters. The summed E-state index contributed by atoms with van der Waals surface area (Å²) in [7, 11) is 2.62. The van der Waals surface area contributed by atoms with E-state index in [0.29, 0.717) is 22.2 Å². The Morgan fingerprint density at radius 2 is 1.61 bits per heavy atom. The van der Waals surface area contributed by atoms with E-state index in [1.807, 2.05) is 24.3 Å². The molecule has 224 valence electrons. The quantitative estimate of drug-likeness (QED) is 0.226. The molecule has 2 heterocycles. The number of nitrogens with one attached hydrogen (secondary N) is 3. The highest BCUT2D eigenvalue weighted by molar-refractivity contribution is 7.80. The van der Waals surface area contributed by atoms with E-state index in [1.165, 1.54) is 59.4 Å². The van der Waals surface area contributed by atoms with Gasteiger partial charge in [0.05, 0.1) is 14.2 Å². The minimum Gasteiger partial charge on any atom is -0.464 e. The average molecular weight is 585 g/mol. The monoisotopic (exact) mass is 584 g/mol. The molecule has 1 saturated heterocycles. The summed E-state index contributed by atoms with van der Waals surface area (Å²) in [6.45, 7) is 9.98. The van der Waals surface area contributed by atoms with E-state index in [2.05, 4.69) is 25.8 Å². The molecule has 0 bridgehead atoms. The maximum absolute atomic E-state index is 12.7. The second-order valence-electron chi connectivity index (χ2n) is 10.8. The van der Waals surface area contributed by atoms with Gasteiger partial charge in [-0.3, -0.25) is 9.80 Å². The number of carbonyl (C=O) groups excluding carboxylic acids is 2. The van der Waals surface area contributed by atoms with Crippen molar-refractivity contribution in [2.45, 2.75) is 58.4 Å². The molecule has 3 aliphatic rings. The van der Waals surface area contributed by atoms with Crippen LogP contribution in [0.15, 0.2) is 47.1 Å². The number of nitrogens with zero attached hydrogens (tertiary/aromatic N) is 3. The van der Waals surface area contributed by atoms with Gasteiger partial charge >= 0.3 is 11.9 Å². The number of methoxy groups -OCH3 is 2. The number of allylic oxidation sites excluding steroid dienone is 2. The highest BCUT2D eigenvalue weighted by Gasteiger charge is 2.35. The number of hydrogen-bond acceptors (Lipinski definition) is 9. The van der Waals surface area contributed by atoms with E-state index in [-0.39, 0.29) is 11.4 Å². The van der Waals surface area contributed by atoms with Crippen LogP contribution in [-0.2, 0) is 19.1 Å². The molecule has 0 aromatic heterocycles. The van der Waals surface area contributed by atoms with Crippen LogP contribution in [0.5, 0.6) is 0 Å². The topological polar surface area (TPSA) is 98.4 Å². The van der Waals surface area contributed by atoms with Gasteiger partial charge in [0, 0.05) is 61.5 Å². The van der Waals surface area contributed by atoms with Crippen LogP contribution in [0.3, 0.4) is 0 Å². The third-order valence-corrected chi connectivity index (χ3v) is 8.33. The highest BCUT2D eigenvalue weighted by Crippen LogP contribution is 2.33. The summed E-state index contributed by atoms with van der Waals surface area (Å²) in [5.41, 5.74) is 2.85. The van der Waals surface area contributed by atoms with Crippen LogP contribution in [0.25, 0.3) is 0 Å². The van der Waals surface area contributed by atoms with Gasteiger partial charge < -0.3 is 30.3 Å². The summed E-state index contributed by atoms with van der Waals surface area (Å²) in [6, 6.07) is 8.17. The van der Waals surface area contributed by atoms with Crippen molar-refractivity contribution in [1.29, 1.82) is 0 Å². The Morgan fingerprint density at radius 1 is 0.976 bits per heavy atom. The Hall–Kier alpha value is -3.15. The molecule has 10 nitrogen and oxygen atoms in total. The van der Waals surface area contributed by atoms with Gasteiger partial charge in [0.15, 0.2) is 16.5 Å². The van der Waals surface area contributed by atoms with Gasteiger partial charge in [-0.25, -0.2) is 9.59 Å². The van der Waals surface area contributed by atoms with Crippen molar-refractivity contribution >= 4 is 40.6 Å². The molecule has 0 unspecified atom stereocenters. The minimum atomic E-state index is -0.574. The van der Waals surface area contributed by atoms with Gasteiger partial charge in [-0.05, 0) is 70.1 Å². The third-order valence-electron chi connectivity index (χ3n) is 8.09. The predicted molar refractivity (Wildman–Crippen MR) is 165 cm³/mol. The number of anilines is 2. The highest BCUT2D eigenvalue weighted by atomic mass is 32.1. The summed E-state index contributed by atoms with van der Waals surface area (Å²) in [6.07, 6.45) is 7.94. The average Bonchev–Trinajstić information content (AvgIpc) is 2.99. The number of ether oxygens (including phenoxy) is 2. The fraction of sp³-hybridized carbons (Fsp3) is 0.567. The largest absolute Gasteiger partial charge is 0.464 e. The van der Waals surface area contributed by atoms with Crippen molar-refractivity contribution in [3.63, 3.8) is 0 Å². The van der Waals surface area contributed by atoms with Crippen LogP contribution in [0.1, 0.15) is 52.4 Å². The standard InChI is InChI=1S/C30H44N6O4S/c1-21-26(28(37)39-3)36(27(22(2)32-21)29(38)40-4)25-13-8-10-23(20-25)33-30(41)31-14-9-15-34-16-18-35(19-17-34)24-11-6-5-7-12-24/h8,10,13,20,24,32H,5-7,9,11-12,14-19H2,1-4H3,(H2,31,33,41). The zero-order valence-electron chi connectivity index (χ0n) is 24.8. The first-order chi connectivity index (χ1) is 19.8. The van der Waals surface area contributed by atoms with Crippen molar-refractivity contribution in [3.05, 3.63) is 47.1 Å². The van der Waals surface area contributed by atoms with Crippen LogP contribution in [0.4, 0.5) is 11.4 Å². The molecular weight excluding hydrogens is 540 g/mol. The fourth-order valence-electron chi connectivity index (χ4n) is 5.99. The number of piperazine rings is 1. The van der Waals surface area contributed by atoms with Crippen molar-refractivity contribution in [3.8, 4) is 0 Å². The summed E-state index contributed by atoms with van der Waals surface area (Å²) in [5, 5.41) is 10.2. The zero-order valence-corrected chi connectivity index (χ0v) is 25.6. The lowest BCUT2D eigenvalue weighted by Crippen LogP contribution is -2.51. The van der Waals surface area contributed by atoms with Crippen LogP contribution in [0.2, 0.25) is 0 Å². The van der Waals surface area contributed by atoms with Crippen LogP contribution >= 0.6 is 12.2 Å². The molecule has 3 N–H and O–H groups in total. The van der Waals surface area contributed by atoms with E-state index >= 15 is 0 Å². The molecule has 0 spiro atoms. The Labute approximate surface area is 249 Å². The van der Waals surface area contributed by atoms with Crippen LogP contribution in [-0.4, -0.2) is 86.4 Å². The normalized spacial score (nSPS) is 19.1. The number of carbonyl (C=O) groups is 2. The van der Waals surface area contributed by atoms with Crippen molar-refractivity contribution in [2.75, 3.05) is 63.7 Å². The van der Waals surface area contributed by atoms with E-state index in [9.17, 15) is 9.59 Å². The maximum Gasteiger partial charge on any atom is 0.356 e. The number of hydrogen-bond donors (Lipinski definition) is 3. The maximum atomic E-state index is 12.7. The molecule has 1 aliphatic carbocycles. The number of thiocarbonyl (C=S) groups is 1.